The molecule has 1 aromatic carbocycles. The Kier molecular flexibility index (Phi) is 6.82. The van der Waals surface area contributed by atoms with Crippen molar-refractivity contribution in [3.63, 3.8) is 0 Å². The molecule has 0 atom stereocenters. The largest absolute Gasteiger partial charge is 0.487 e. The van der Waals surface area contributed by atoms with Gasteiger partial charge in [-0.25, -0.2) is 0 Å². The van der Waals surface area contributed by atoms with Crippen LogP contribution < -0.4 is 5.73 Å². The molecular formula is C19H23NO. The van der Waals surface area contributed by atoms with Crippen molar-refractivity contribution >= 4 is 0 Å². The Morgan fingerprint density at radius 1 is 1.19 bits per heavy atom. The van der Waals surface area contributed by atoms with Crippen LogP contribution in [0.15, 0.2) is 90.4 Å². The van der Waals surface area contributed by atoms with Gasteiger partial charge in [-0.1, -0.05) is 61.7 Å². The number of nitrogens with two attached hydrogens (primary N) is 1. The molecule has 1 rings (SSSR count). The van der Waals surface area contributed by atoms with Crippen LogP contribution in [0.2, 0.25) is 0 Å². The Labute approximate surface area is 127 Å². The maximum Gasteiger partial charge on any atom is 0.142 e. The van der Waals surface area contributed by atoms with Crippen molar-refractivity contribution in [1.29, 1.82) is 0 Å². The molecular weight excluding hydrogens is 258 g/mol. The van der Waals surface area contributed by atoms with E-state index in [4.69, 9.17) is 10.5 Å². The van der Waals surface area contributed by atoms with E-state index < -0.39 is 0 Å². The lowest BCUT2D eigenvalue weighted by Gasteiger charge is -2.12. The molecule has 0 amide bonds. The average Bonchev–Trinajstić information content (AvgIpc) is 2.48. The van der Waals surface area contributed by atoms with Gasteiger partial charge in [0.1, 0.15) is 12.4 Å². The van der Waals surface area contributed by atoms with E-state index in [-0.39, 0.29) is 0 Å². The van der Waals surface area contributed by atoms with Crippen LogP contribution in [0.3, 0.4) is 0 Å². The summed E-state index contributed by atoms with van der Waals surface area (Å²) in [6.45, 7) is 12.2. The maximum atomic E-state index is 5.82. The van der Waals surface area contributed by atoms with E-state index >= 15 is 0 Å². The Balaban J connectivity index is 2.88. The summed E-state index contributed by atoms with van der Waals surface area (Å²) in [6.07, 6.45) is 7.73. The molecule has 0 unspecified atom stereocenters. The van der Waals surface area contributed by atoms with Gasteiger partial charge in [0, 0.05) is 0 Å². The predicted octanol–water partition coefficient (Wildman–Crippen LogP) is 4.64. The first-order valence-electron chi connectivity index (χ1n) is 6.90. The molecule has 0 spiro atoms. The SMILES string of the molecule is C=C(/C=C\C)C(=C/C)/C=C(/OCc1ccccc1)C(=C)N. The van der Waals surface area contributed by atoms with Gasteiger partial charge in [0.2, 0.25) is 0 Å². The highest BCUT2D eigenvalue weighted by Gasteiger charge is 2.04. The molecule has 2 nitrogen and oxygen atoms in total. The minimum atomic E-state index is 0.401. The van der Waals surface area contributed by atoms with Crippen LogP contribution in [0.5, 0.6) is 0 Å². The molecule has 0 saturated carbocycles. The lowest BCUT2D eigenvalue weighted by Crippen LogP contribution is -2.04. The molecule has 0 aromatic heterocycles. The van der Waals surface area contributed by atoms with Gasteiger partial charge in [-0.2, -0.15) is 0 Å². The van der Waals surface area contributed by atoms with E-state index in [1.165, 1.54) is 0 Å². The summed E-state index contributed by atoms with van der Waals surface area (Å²) >= 11 is 0. The molecule has 0 aliphatic carbocycles. The third-order valence-corrected chi connectivity index (χ3v) is 2.89. The number of ether oxygens (including phenoxy) is 1. The van der Waals surface area contributed by atoms with Gasteiger partial charge in [-0.3, -0.25) is 0 Å². The zero-order valence-corrected chi connectivity index (χ0v) is 12.8. The fraction of sp³-hybridized carbons (Fsp3) is 0.158. The lowest BCUT2D eigenvalue weighted by atomic mass is 10.1. The van der Waals surface area contributed by atoms with Crippen molar-refractivity contribution in [3.8, 4) is 0 Å². The van der Waals surface area contributed by atoms with E-state index in [0.29, 0.717) is 18.1 Å². The first kappa shape index (κ1) is 16.6. The van der Waals surface area contributed by atoms with Crippen molar-refractivity contribution in [3.05, 3.63) is 96.0 Å². The summed E-state index contributed by atoms with van der Waals surface area (Å²) in [5.74, 6) is 0.567. The van der Waals surface area contributed by atoms with E-state index in [2.05, 4.69) is 13.2 Å². The fourth-order valence-electron chi connectivity index (χ4n) is 1.76. The molecule has 0 saturated heterocycles. The minimum Gasteiger partial charge on any atom is -0.487 e. The van der Waals surface area contributed by atoms with Crippen LogP contribution in [0.4, 0.5) is 0 Å². The van der Waals surface area contributed by atoms with E-state index in [1.807, 2.05) is 68.5 Å². The summed E-state index contributed by atoms with van der Waals surface area (Å²) < 4.78 is 5.78. The highest BCUT2D eigenvalue weighted by molar-refractivity contribution is 5.46. The van der Waals surface area contributed by atoms with E-state index in [0.717, 1.165) is 16.7 Å². The third kappa shape index (κ3) is 5.57. The molecule has 1 aromatic rings. The number of hydrogen-bond donors (Lipinski definition) is 1. The van der Waals surface area contributed by atoms with Gasteiger partial charge < -0.3 is 10.5 Å². The number of allylic oxidation sites excluding steroid dienone is 6. The summed E-state index contributed by atoms with van der Waals surface area (Å²) in [6, 6.07) is 9.94. The van der Waals surface area contributed by atoms with Crippen LogP contribution in [0.1, 0.15) is 19.4 Å². The van der Waals surface area contributed by atoms with Crippen LogP contribution in [0.25, 0.3) is 0 Å². The van der Waals surface area contributed by atoms with Gasteiger partial charge in [0.25, 0.3) is 0 Å². The van der Waals surface area contributed by atoms with Gasteiger partial charge in [-0.15, -0.1) is 0 Å². The average molecular weight is 281 g/mol. The molecule has 0 bridgehead atoms. The normalized spacial score (nSPS) is 12.5. The van der Waals surface area contributed by atoms with Crippen LogP contribution in [-0.4, -0.2) is 0 Å². The third-order valence-electron chi connectivity index (χ3n) is 2.89. The van der Waals surface area contributed by atoms with Gasteiger partial charge in [-0.05, 0) is 36.6 Å². The monoisotopic (exact) mass is 281 g/mol. The Bertz CT molecular complexity index is 577. The zero-order chi connectivity index (χ0) is 15.7. The summed E-state index contributed by atoms with van der Waals surface area (Å²) in [7, 11) is 0. The van der Waals surface area contributed by atoms with E-state index in [9.17, 15) is 0 Å². The highest BCUT2D eigenvalue weighted by Crippen LogP contribution is 2.17. The van der Waals surface area contributed by atoms with Crippen molar-refractivity contribution in [2.24, 2.45) is 5.73 Å². The van der Waals surface area contributed by atoms with Crippen molar-refractivity contribution in [2.45, 2.75) is 20.5 Å². The molecule has 2 heteroatoms. The molecule has 0 radical (unpaired) electrons. The summed E-state index contributed by atoms with van der Waals surface area (Å²) in [4.78, 5) is 0. The predicted molar refractivity (Wildman–Crippen MR) is 90.4 cm³/mol. The first-order valence-corrected chi connectivity index (χ1v) is 6.90. The van der Waals surface area contributed by atoms with Crippen molar-refractivity contribution in [2.75, 3.05) is 0 Å². The van der Waals surface area contributed by atoms with Gasteiger partial charge in [0.15, 0.2) is 0 Å². The van der Waals surface area contributed by atoms with Crippen LogP contribution in [0, 0.1) is 0 Å². The summed E-state index contributed by atoms with van der Waals surface area (Å²) in [5.41, 5.74) is 9.16. The molecule has 110 valence electrons. The number of rotatable bonds is 7. The fourth-order valence-corrected chi connectivity index (χ4v) is 1.76. The molecule has 0 fully saturated rings. The van der Waals surface area contributed by atoms with Gasteiger partial charge >= 0.3 is 0 Å². The standard InChI is InChI=1S/C19H23NO/c1-5-10-15(3)18(6-2)13-19(16(4)20)21-14-17-11-8-7-9-12-17/h5-13H,3-4,14,20H2,1-2H3/b10-5-,18-6+,19-13+. The second kappa shape index (κ2) is 8.64. The topological polar surface area (TPSA) is 35.2 Å². The van der Waals surface area contributed by atoms with Crippen molar-refractivity contribution in [1.82, 2.24) is 0 Å². The lowest BCUT2D eigenvalue weighted by molar-refractivity contribution is 0.206. The number of hydrogen-bond acceptors (Lipinski definition) is 2. The molecule has 0 heterocycles. The van der Waals surface area contributed by atoms with Crippen LogP contribution >= 0.6 is 0 Å². The minimum absolute atomic E-state index is 0.401. The molecule has 21 heavy (non-hydrogen) atoms. The van der Waals surface area contributed by atoms with Crippen molar-refractivity contribution < 1.29 is 4.74 Å². The second-order valence-corrected chi connectivity index (χ2v) is 4.58. The Hall–Kier alpha value is -2.48. The second-order valence-electron chi connectivity index (χ2n) is 4.58. The molecule has 0 aliphatic heterocycles. The molecule has 2 N–H and O–H groups in total. The Morgan fingerprint density at radius 2 is 1.86 bits per heavy atom. The summed E-state index contributed by atoms with van der Waals surface area (Å²) in [5, 5.41) is 0. The number of benzene rings is 1. The van der Waals surface area contributed by atoms with Gasteiger partial charge in [0.05, 0.1) is 5.70 Å². The Morgan fingerprint density at radius 3 is 2.38 bits per heavy atom. The highest BCUT2D eigenvalue weighted by atomic mass is 16.5. The smallest absolute Gasteiger partial charge is 0.142 e. The molecule has 0 aliphatic rings. The van der Waals surface area contributed by atoms with E-state index in [1.54, 1.807) is 0 Å². The van der Waals surface area contributed by atoms with Crippen LogP contribution in [-0.2, 0) is 11.3 Å². The maximum absolute atomic E-state index is 5.82. The first-order chi connectivity index (χ1) is 10.1. The zero-order valence-electron chi connectivity index (χ0n) is 12.8. The quantitative estimate of drug-likeness (QED) is 0.584.